The molecule has 0 unspecified atom stereocenters. The van der Waals surface area contributed by atoms with E-state index in [-0.39, 0.29) is 26.4 Å². The Labute approximate surface area is 129 Å². The fourth-order valence-electron chi connectivity index (χ4n) is 1.74. The van der Waals surface area contributed by atoms with Crippen LogP contribution in [0.1, 0.15) is 11.1 Å². The van der Waals surface area contributed by atoms with E-state index in [4.69, 9.17) is 19.7 Å². The van der Waals surface area contributed by atoms with Gasteiger partial charge in [-0.25, -0.2) is 0 Å². The van der Waals surface area contributed by atoms with Crippen molar-refractivity contribution in [1.29, 1.82) is 0 Å². The highest BCUT2D eigenvalue weighted by molar-refractivity contribution is 5.45. The first kappa shape index (κ1) is 15.9. The number of benzene rings is 2. The Balaban J connectivity index is 1.97. The van der Waals surface area contributed by atoms with Crippen LogP contribution in [0.25, 0.3) is 0 Å². The second kappa shape index (κ2) is 8.73. The predicted octanol–water partition coefficient (Wildman–Crippen LogP) is 1.83. The summed E-state index contributed by atoms with van der Waals surface area (Å²) < 4.78 is 10.6. The molecule has 0 aliphatic carbocycles. The zero-order valence-corrected chi connectivity index (χ0v) is 12.2. The topological polar surface area (TPSA) is 58.9 Å². The first-order valence-corrected chi connectivity index (χ1v) is 7.01. The molecule has 0 saturated heterocycles. The number of rotatable bonds is 6. The summed E-state index contributed by atoms with van der Waals surface area (Å²) in [5.41, 5.74) is 1.77. The molecule has 0 amide bonds. The molecule has 22 heavy (non-hydrogen) atoms. The molecule has 2 aromatic rings. The third-order valence-electron chi connectivity index (χ3n) is 2.78. The lowest BCUT2D eigenvalue weighted by Gasteiger charge is -2.03. The van der Waals surface area contributed by atoms with Crippen LogP contribution in [0, 0.1) is 11.8 Å². The molecule has 0 atom stereocenters. The van der Waals surface area contributed by atoms with Gasteiger partial charge in [0.2, 0.25) is 0 Å². The summed E-state index contributed by atoms with van der Waals surface area (Å²) in [7, 11) is 0. The van der Waals surface area contributed by atoms with Crippen molar-refractivity contribution in [2.24, 2.45) is 0 Å². The normalized spacial score (nSPS) is 9.73. The van der Waals surface area contributed by atoms with Gasteiger partial charge in [-0.1, -0.05) is 11.8 Å². The van der Waals surface area contributed by atoms with Gasteiger partial charge in [-0.2, -0.15) is 0 Å². The molecule has 0 aliphatic heterocycles. The SMILES string of the molecule is OCCOc1ccc(C#Cc2ccc(OCCO)cc2)cc1. The van der Waals surface area contributed by atoms with Gasteiger partial charge >= 0.3 is 0 Å². The van der Waals surface area contributed by atoms with Gasteiger partial charge in [0.25, 0.3) is 0 Å². The Kier molecular flexibility index (Phi) is 6.31. The molecule has 2 N–H and O–H groups in total. The van der Waals surface area contributed by atoms with Crippen molar-refractivity contribution in [2.45, 2.75) is 0 Å². The molecule has 0 bridgehead atoms. The minimum atomic E-state index is -0.000425. The van der Waals surface area contributed by atoms with Crippen LogP contribution in [0.3, 0.4) is 0 Å². The fraction of sp³-hybridized carbons (Fsp3) is 0.222. The highest BCUT2D eigenvalue weighted by Crippen LogP contribution is 2.13. The molecule has 4 nitrogen and oxygen atoms in total. The molecule has 0 radical (unpaired) electrons. The second-order valence-electron chi connectivity index (χ2n) is 4.44. The average Bonchev–Trinajstić information content (AvgIpc) is 2.58. The van der Waals surface area contributed by atoms with E-state index in [2.05, 4.69) is 11.8 Å². The molecule has 0 fully saturated rings. The smallest absolute Gasteiger partial charge is 0.119 e. The van der Waals surface area contributed by atoms with Gasteiger partial charge in [-0.3, -0.25) is 0 Å². The van der Waals surface area contributed by atoms with Crippen molar-refractivity contribution >= 4 is 0 Å². The Morgan fingerprint density at radius 3 is 1.32 bits per heavy atom. The van der Waals surface area contributed by atoms with E-state index in [1.807, 2.05) is 48.5 Å². The van der Waals surface area contributed by atoms with Crippen molar-refractivity contribution in [3.8, 4) is 23.3 Å². The van der Waals surface area contributed by atoms with Gasteiger partial charge in [-0.05, 0) is 48.5 Å². The van der Waals surface area contributed by atoms with Gasteiger partial charge < -0.3 is 19.7 Å². The first-order valence-electron chi connectivity index (χ1n) is 7.01. The number of hydrogen-bond acceptors (Lipinski definition) is 4. The second-order valence-corrected chi connectivity index (χ2v) is 4.44. The van der Waals surface area contributed by atoms with Crippen LogP contribution in [-0.2, 0) is 0 Å². The van der Waals surface area contributed by atoms with Gasteiger partial charge in [-0.15, -0.1) is 0 Å². The van der Waals surface area contributed by atoms with E-state index in [1.165, 1.54) is 0 Å². The average molecular weight is 298 g/mol. The lowest BCUT2D eigenvalue weighted by Crippen LogP contribution is -2.01. The Morgan fingerprint density at radius 1 is 0.636 bits per heavy atom. The number of ether oxygens (including phenoxy) is 2. The number of aliphatic hydroxyl groups excluding tert-OH is 2. The summed E-state index contributed by atoms with van der Waals surface area (Å²) in [6.07, 6.45) is 0. The molecular weight excluding hydrogens is 280 g/mol. The lowest BCUT2D eigenvalue weighted by molar-refractivity contribution is 0.201. The van der Waals surface area contributed by atoms with Gasteiger partial charge in [0.15, 0.2) is 0 Å². The summed E-state index contributed by atoms with van der Waals surface area (Å²) in [5.74, 6) is 7.57. The third-order valence-corrected chi connectivity index (χ3v) is 2.78. The highest BCUT2D eigenvalue weighted by atomic mass is 16.5. The van der Waals surface area contributed by atoms with Crippen LogP contribution >= 0.6 is 0 Å². The zero-order valence-electron chi connectivity index (χ0n) is 12.2. The molecule has 0 saturated carbocycles. The summed E-state index contributed by atoms with van der Waals surface area (Å²) in [6.45, 7) is 0.574. The van der Waals surface area contributed by atoms with Gasteiger partial charge in [0.1, 0.15) is 24.7 Å². The van der Waals surface area contributed by atoms with Crippen molar-refractivity contribution in [3.05, 3.63) is 59.7 Å². The van der Waals surface area contributed by atoms with Crippen LogP contribution in [0.2, 0.25) is 0 Å². The molecule has 0 aliphatic rings. The minimum Gasteiger partial charge on any atom is -0.491 e. The molecule has 2 aromatic carbocycles. The minimum absolute atomic E-state index is 0.000425. The zero-order chi connectivity index (χ0) is 15.6. The Morgan fingerprint density at radius 2 is 1.00 bits per heavy atom. The van der Waals surface area contributed by atoms with Crippen molar-refractivity contribution in [3.63, 3.8) is 0 Å². The molecule has 0 spiro atoms. The Bertz CT molecular complexity index is 565. The van der Waals surface area contributed by atoms with Crippen LogP contribution in [0.5, 0.6) is 11.5 Å². The van der Waals surface area contributed by atoms with Gasteiger partial charge in [0, 0.05) is 11.1 Å². The predicted molar refractivity (Wildman–Crippen MR) is 84.0 cm³/mol. The maximum atomic E-state index is 8.69. The van der Waals surface area contributed by atoms with Crippen molar-refractivity contribution in [2.75, 3.05) is 26.4 Å². The molecule has 4 heteroatoms. The summed E-state index contributed by atoms with van der Waals surface area (Å²) in [4.78, 5) is 0. The van der Waals surface area contributed by atoms with Gasteiger partial charge in [0.05, 0.1) is 13.2 Å². The third kappa shape index (κ3) is 5.13. The molecule has 0 aromatic heterocycles. The summed E-state index contributed by atoms with van der Waals surface area (Å²) in [5, 5.41) is 17.4. The number of aliphatic hydroxyl groups is 2. The molecule has 0 heterocycles. The summed E-state index contributed by atoms with van der Waals surface area (Å²) in [6, 6.07) is 14.8. The van der Waals surface area contributed by atoms with Crippen LogP contribution in [-0.4, -0.2) is 36.6 Å². The largest absolute Gasteiger partial charge is 0.491 e. The monoisotopic (exact) mass is 298 g/mol. The quantitative estimate of drug-likeness (QED) is 0.799. The van der Waals surface area contributed by atoms with E-state index in [1.54, 1.807) is 0 Å². The summed E-state index contributed by atoms with van der Waals surface area (Å²) >= 11 is 0. The maximum Gasteiger partial charge on any atom is 0.119 e. The van der Waals surface area contributed by atoms with Crippen LogP contribution in [0.15, 0.2) is 48.5 Å². The van der Waals surface area contributed by atoms with Crippen molar-refractivity contribution < 1.29 is 19.7 Å². The van der Waals surface area contributed by atoms with E-state index in [9.17, 15) is 0 Å². The first-order chi connectivity index (χ1) is 10.8. The Hall–Kier alpha value is -2.48. The number of hydrogen-bond donors (Lipinski definition) is 2. The van der Waals surface area contributed by atoms with Crippen LogP contribution < -0.4 is 9.47 Å². The molecular formula is C18H18O4. The maximum absolute atomic E-state index is 8.69. The standard InChI is InChI=1S/C18H18O4/c19-11-13-21-17-7-3-15(4-8-17)1-2-16-5-9-18(10-6-16)22-14-12-20/h3-10,19-20H,11-14H2. The van der Waals surface area contributed by atoms with E-state index >= 15 is 0 Å². The highest BCUT2D eigenvalue weighted by Gasteiger charge is 1.94. The van der Waals surface area contributed by atoms with E-state index in [0.717, 1.165) is 11.1 Å². The molecule has 114 valence electrons. The van der Waals surface area contributed by atoms with E-state index in [0.29, 0.717) is 11.5 Å². The fourth-order valence-corrected chi connectivity index (χ4v) is 1.74. The lowest BCUT2D eigenvalue weighted by atomic mass is 10.2. The van der Waals surface area contributed by atoms with Crippen LogP contribution in [0.4, 0.5) is 0 Å². The van der Waals surface area contributed by atoms with Crippen molar-refractivity contribution in [1.82, 2.24) is 0 Å². The molecule has 2 rings (SSSR count). The van der Waals surface area contributed by atoms with E-state index < -0.39 is 0 Å².